The first kappa shape index (κ1) is 13.2. The normalized spacial score (nSPS) is 20.0. The lowest BCUT2D eigenvalue weighted by molar-refractivity contribution is 0.166. The molecule has 0 aromatic heterocycles. The van der Waals surface area contributed by atoms with Crippen molar-refractivity contribution in [1.82, 2.24) is 4.90 Å². The molecule has 0 aliphatic carbocycles. The van der Waals surface area contributed by atoms with Gasteiger partial charge in [0.1, 0.15) is 6.61 Å². The van der Waals surface area contributed by atoms with Crippen LogP contribution in [0.2, 0.25) is 0 Å². The fourth-order valence-electron chi connectivity index (χ4n) is 2.14. The van der Waals surface area contributed by atoms with Crippen LogP contribution < -0.4 is 9.47 Å². The summed E-state index contributed by atoms with van der Waals surface area (Å²) in [7, 11) is 0. The summed E-state index contributed by atoms with van der Waals surface area (Å²) in [6.07, 6.45) is 0.705. The molecule has 1 fully saturated rings. The number of hydrogen-bond acceptors (Lipinski definition) is 4. The van der Waals surface area contributed by atoms with E-state index in [2.05, 4.69) is 4.90 Å². The van der Waals surface area contributed by atoms with E-state index in [1.54, 1.807) is 0 Å². The van der Waals surface area contributed by atoms with Crippen molar-refractivity contribution in [3.05, 3.63) is 24.3 Å². The lowest BCUT2D eigenvalue weighted by atomic mass is 10.3. The smallest absolute Gasteiger partial charge is 0.161 e. The third-order valence-corrected chi connectivity index (χ3v) is 3.06. The maximum Gasteiger partial charge on any atom is 0.161 e. The second-order valence-electron chi connectivity index (χ2n) is 4.47. The van der Waals surface area contributed by atoms with Gasteiger partial charge in [0.15, 0.2) is 11.5 Å². The molecular weight excluding hydrogens is 230 g/mol. The van der Waals surface area contributed by atoms with Gasteiger partial charge in [-0.1, -0.05) is 12.1 Å². The number of aliphatic hydroxyl groups excluding tert-OH is 1. The van der Waals surface area contributed by atoms with Crippen molar-refractivity contribution in [2.24, 2.45) is 0 Å². The second-order valence-corrected chi connectivity index (χ2v) is 4.47. The van der Waals surface area contributed by atoms with E-state index in [-0.39, 0.29) is 6.10 Å². The summed E-state index contributed by atoms with van der Waals surface area (Å²) in [5, 5.41) is 9.43. The topological polar surface area (TPSA) is 41.9 Å². The van der Waals surface area contributed by atoms with E-state index in [4.69, 9.17) is 9.47 Å². The minimum Gasteiger partial charge on any atom is -0.490 e. The predicted molar refractivity (Wildman–Crippen MR) is 70.2 cm³/mol. The Bertz CT molecular complexity index is 370. The molecule has 1 aromatic rings. The number of ether oxygens (including phenoxy) is 2. The first-order chi connectivity index (χ1) is 8.79. The van der Waals surface area contributed by atoms with E-state index >= 15 is 0 Å². The summed E-state index contributed by atoms with van der Waals surface area (Å²) in [5.41, 5.74) is 0. The highest BCUT2D eigenvalue weighted by atomic mass is 16.5. The highest BCUT2D eigenvalue weighted by molar-refractivity contribution is 5.39. The molecule has 0 bridgehead atoms. The fraction of sp³-hybridized carbons (Fsp3) is 0.571. The highest BCUT2D eigenvalue weighted by Crippen LogP contribution is 2.26. The van der Waals surface area contributed by atoms with Gasteiger partial charge in [-0.3, -0.25) is 4.90 Å². The van der Waals surface area contributed by atoms with E-state index < -0.39 is 0 Å². The molecule has 1 aromatic carbocycles. The number of rotatable bonds is 6. The minimum atomic E-state index is -0.166. The van der Waals surface area contributed by atoms with Gasteiger partial charge in [-0.05, 0) is 25.5 Å². The maximum atomic E-state index is 9.43. The van der Waals surface area contributed by atoms with E-state index in [9.17, 15) is 5.11 Å². The molecule has 0 amide bonds. The predicted octanol–water partition coefficient (Wildman–Crippen LogP) is 1.53. The lowest BCUT2D eigenvalue weighted by Gasteiger charge is -2.16. The Kier molecular flexibility index (Phi) is 4.84. The van der Waals surface area contributed by atoms with Crippen molar-refractivity contribution in [3.63, 3.8) is 0 Å². The maximum absolute atomic E-state index is 9.43. The number of benzene rings is 1. The number of β-amino-alcohol motifs (C(OH)–C–C–N with tert-alkyl or cyclic N) is 1. The summed E-state index contributed by atoms with van der Waals surface area (Å²) in [6, 6.07) is 7.72. The Morgan fingerprint density at radius 1 is 1.28 bits per heavy atom. The van der Waals surface area contributed by atoms with Crippen molar-refractivity contribution in [3.8, 4) is 11.5 Å². The molecule has 0 spiro atoms. The standard InChI is InChI=1S/C14H21NO3/c1-2-17-13-5-3-4-6-14(13)18-10-9-15-8-7-12(16)11-15/h3-6,12,16H,2,7-11H2,1H3/t12-/m1/s1. The Morgan fingerprint density at radius 3 is 2.61 bits per heavy atom. The molecule has 1 aliphatic rings. The zero-order valence-electron chi connectivity index (χ0n) is 10.8. The fourth-order valence-corrected chi connectivity index (χ4v) is 2.14. The first-order valence-corrected chi connectivity index (χ1v) is 6.54. The van der Waals surface area contributed by atoms with Gasteiger partial charge in [-0.25, -0.2) is 0 Å². The third kappa shape index (κ3) is 3.62. The summed E-state index contributed by atoms with van der Waals surface area (Å²) in [6.45, 7) is 5.78. The van der Waals surface area contributed by atoms with Crippen LogP contribution in [-0.4, -0.2) is 49.0 Å². The monoisotopic (exact) mass is 251 g/mol. The zero-order valence-corrected chi connectivity index (χ0v) is 10.8. The van der Waals surface area contributed by atoms with Gasteiger partial charge < -0.3 is 14.6 Å². The van der Waals surface area contributed by atoms with Crippen LogP contribution in [0.15, 0.2) is 24.3 Å². The van der Waals surface area contributed by atoms with Gasteiger partial charge in [-0.15, -0.1) is 0 Å². The van der Waals surface area contributed by atoms with Crippen LogP contribution in [0.1, 0.15) is 13.3 Å². The quantitative estimate of drug-likeness (QED) is 0.832. The Hall–Kier alpha value is -1.26. The molecular formula is C14H21NO3. The molecule has 0 unspecified atom stereocenters. The molecule has 1 heterocycles. The van der Waals surface area contributed by atoms with Gasteiger partial charge >= 0.3 is 0 Å². The molecule has 100 valence electrons. The van der Waals surface area contributed by atoms with Gasteiger partial charge in [0.05, 0.1) is 12.7 Å². The molecule has 18 heavy (non-hydrogen) atoms. The summed E-state index contributed by atoms with van der Waals surface area (Å²) >= 11 is 0. The molecule has 1 N–H and O–H groups in total. The van der Waals surface area contributed by atoms with Crippen LogP contribution in [0.3, 0.4) is 0 Å². The Morgan fingerprint density at radius 2 is 2.00 bits per heavy atom. The van der Waals surface area contributed by atoms with Crippen LogP contribution in [-0.2, 0) is 0 Å². The number of hydrogen-bond donors (Lipinski definition) is 1. The molecule has 4 heteroatoms. The summed E-state index contributed by atoms with van der Waals surface area (Å²) < 4.78 is 11.2. The molecule has 0 radical (unpaired) electrons. The largest absolute Gasteiger partial charge is 0.490 e. The van der Waals surface area contributed by atoms with Gasteiger partial charge in [-0.2, -0.15) is 0 Å². The Labute approximate surface area is 108 Å². The van der Waals surface area contributed by atoms with Crippen molar-refractivity contribution in [1.29, 1.82) is 0 Å². The molecule has 1 saturated heterocycles. The van der Waals surface area contributed by atoms with E-state index in [0.29, 0.717) is 13.2 Å². The van der Waals surface area contributed by atoms with E-state index in [0.717, 1.165) is 37.6 Å². The first-order valence-electron chi connectivity index (χ1n) is 6.54. The van der Waals surface area contributed by atoms with Crippen molar-refractivity contribution >= 4 is 0 Å². The summed E-state index contributed by atoms with van der Waals surface area (Å²) in [4.78, 5) is 2.22. The van der Waals surface area contributed by atoms with Crippen LogP contribution in [0.25, 0.3) is 0 Å². The second kappa shape index (κ2) is 6.61. The molecule has 4 nitrogen and oxygen atoms in total. The van der Waals surface area contributed by atoms with Crippen molar-refractivity contribution < 1.29 is 14.6 Å². The highest BCUT2D eigenvalue weighted by Gasteiger charge is 2.19. The molecule has 0 saturated carbocycles. The third-order valence-electron chi connectivity index (χ3n) is 3.06. The number of para-hydroxylation sites is 2. The Balaban J connectivity index is 1.79. The minimum absolute atomic E-state index is 0.166. The van der Waals surface area contributed by atoms with E-state index in [1.807, 2.05) is 31.2 Å². The van der Waals surface area contributed by atoms with E-state index in [1.165, 1.54) is 0 Å². The number of aliphatic hydroxyl groups is 1. The molecule has 1 atom stereocenters. The molecule has 2 rings (SSSR count). The number of likely N-dealkylation sites (tertiary alicyclic amines) is 1. The lowest BCUT2D eigenvalue weighted by Crippen LogP contribution is -2.27. The van der Waals surface area contributed by atoms with Gasteiger partial charge in [0.2, 0.25) is 0 Å². The molecule has 1 aliphatic heterocycles. The zero-order chi connectivity index (χ0) is 12.8. The number of nitrogens with zero attached hydrogens (tertiary/aromatic N) is 1. The van der Waals surface area contributed by atoms with Crippen LogP contribution in [0.4, 0.5) is 0 Å². The summed E-state index contributed by atoms with van der Waals surface area (Å²) in [5.74, 6) is 1.58. The van der Waals surface area contributed by atoms with Crippen LogP contribution in [0.5, 0.6) is 11.5 Å². The van der Waals surface area contributed by atoms with Crippen LogP contribution in [0, 0.1) is 0 Å². The van der Waals surface area contributed by atoms with Gasteiger partial charge in [0.25, 0.3) is 0 Å². The van der Waals surface area contributed by atoms with Crippen molar-refractivity contribution in [2.45, 2.75) is 19.4 Å². The van der Waals surface area contributed by atoms with Crippen LogP contribution >= 0.6 is 0 Å². The average Bonchev–Trinajstić information content (AvgIpc) is 2.78. The van der Waals surface area contributed by atoms with Gasteiger partial charge in [0, 0.05) is 19.6 Å². The average molecular weight is 251 g/mol. The van der Waals surface area contributed by atoms with Crippen molar-refractivity contribution in [2.75, 3.05) is 32.8 Å². The SMILES string of the molecule is CCOc1ccccc1OCCN1CC[C@@H](O)C1.